The molecule has 0 aliphatic carbocycles. The van der Waals surface area contributed by atoms with Crippen LogP contribution in [-0.4, -0.2) is 12.8 Å². The second-order valence-electron chi connectivity index (χ2n) is 5.17. The molecule has 0 radical (unpaired) electrons. The minimum absolute atomic E-state index is 0.284. The highest BCUT2D eigenvalue weighted by Crippen LogP contribution is 2.30. The lowest BCUT2D eigenvalue weighted by molar-refractivity contribution is 0.726. The first-order chi connectivity index (χ1) is 10.3. The van der Waals surface area contributed by atoms with E-state index in [0.29, 0.717) is 6.54 Å². The fourth-order valence-electron chi connectivity index (χ4n) is 2.62. The first kappa shape index (κ1) is 14.1. The van der Waals surface area contributed by atoms with E-state index in [9.17, 15) is 0 Å². The number of nitrogens with zero attached hydrogens (tertiary/aromatic N) is 1. The standard InChI is InChI=1S/C18H17ClN2/c19-17-3-1-2-15(10-17)18(8-9-20)14-6-4-13(5-7-14)16-11-21-12-16/h1-7,10-12,18H,8-9,20H2. The van der Waals surface area contributed by atoms with Gasteiger partial charge in [0.2, 0.25) is 0 Å². The number of benzene rings is 2. The molecule has 1 unspecified atom stereocenters. The molecule has 0 saturated carbocycles. The van der Waals surface area contributed by atoms with Crippen molar-refractivity contribution >= 4 is 23.4 Å². The largest absolute Gasteiger partial charge is 0.330 e. The summed E-state index contributed by atoms with van der Waals surface area (Å²) in [5, 5.41) is 0.766. The number of hydrogen-bond donors (Lipinski definition) is 1. The summed E-state index contributed by atoms with van der Waals surface area (Å²) in [6, 6.07) is 16.6. The zero-order chi connectivity index (χ0) is 14.7. The molecular formula is C18H17ClN2. The highest BCUT2D eigenvalue weighted by molar-refractivity contribution is 6.30. The first-order valence-corrected chi connectivity index (χ1v) is 7.45. The Kier molecular flexibility index (Phi) is 4.18. The molecule has 3 heteroatoms. The van der Waals surface area contributed by atoms with Crippen molar-refractivity contribution in [3.05, 3.63) is 76.4 Å². The summed E-state index contributed by atoms with van der Waals surface area (Å²) in [6.07, 6.45) is 4.66. The van der Waals surface area contributed by atoms with Crippen molar-refractivity contribution in [1.29, 1.82) is 0 Å². The van der Waals surface area contributed by atoms with Gasteiger partial charge in [0.05, 0.1) is 0 Å². The number of allylic oxidation sites excluding steroid dienone is 1. The molecule has 2 aromatic rings. The fourth-order valence-corrected chi connectivity index (χ4v) is 2.82. The predicted octanol–water partition coefficient (Wildman–Crippen LogP) is 4.25. The normalized spacial score (nSPS) is 14.5. The molecule has 106 valence electrons. The maximum Gasteiger partial charge on any atom is 0.0408 e. The van der Waals surface area contributed by atoms with Gasteiger partial charge in [0.1, 0.15) is 0 Å². The van der Waals surface area contributed by atoms with Crippen molar-refractivity contribution < 1.29 is 0 Å². The lowest BCUT2D eigenvalue weighted by Crippen LogP contribution is -2.09. The molecule has 0 aromatic heterocycles. The van der Waals surface area contributed by atoms with E-state index in [0.717, 1.165) is 11.4 Å². The summed E-state index contributed by atoms with van der Waals surface area (Å²) in [5.74, 6) is 0.284. The maximum atomic E-state index is 6.12. The molecule has 0 fully saturated rings. The van der Waals surface area contributed by atoms with Gasteiger partial charge < -0.3 is 5.73 Å². The van der Waals surface area contributed by atoms with Gasteiger partial charge in [-0.25, -0.2) is 0 Å². The van der Waals surface area contributed by atoms with E-state index in [-0.39, 0.29) is 5.92 Å². The second-order valence-corrected chi connectivity index (χ2v) is 5.61. The molecule has 0 spiro atoms. The van der Waals surface area contributed by atoms with Gasteiger partial charge >= 0.3 is 0 Å². The molecule has 1 atom stereocenters. The SMILES string of the molecule is NCCC(c1ccc(C2=CN=C2)cc1)c1cccc(Cl)c1. The lowest BCUT2D eigenvalue weighted by atomic mass is 9.87. The Hall–Kier alpha value is -1.90. The van der Waals surface area contributed by atoms with Crippen LogP contribution >= 0.6 is 11.6 Å². The van der Waals surface area contributed by atoms with Crippen molar-refractivity contribution in [2.24, 2.45) is 10.7 Å². The molecule has 1 aliphatic heterocycles. The summed E-state index contributed by atoms with van der Waals surface area (Å²) in [4.78, 5) is 4.00. The Morgan fingerprint density at radius 3 is 2.38 bits per heavy atom. The van der Waals surface area contributed by atoms with Gasteiger partial charge in [-0.05, 0) is 41.8 Å². The van der Waals surface area contributed by atoms with Crippen molar-refractivity contribution in [2.45, 2.75) is 12.3 Å². The van der Waals surface area contributed by atoms with Gasteiger partial charge in [-0.3, -0.25) is 4.99 Å². The average molecular weight is 297 g/mol. The molecule has 2 N–H and O–H groups in total. The van der Waals surface area contributed by atoms with Crippen LogP contribution in [0.2, 0.25) is 5.02 Å². The molecular weight excluding hydrogens is 280 g/mol. The van der Waals surface area contributed by atoms with E-state index >= 15 is 0 Å². The molecule has 1 aliphatic rings. The minimum Gasteiger partial charge on any atom is -0.330 e. The summed E-state index contributed by atoms with van der Waals surface area (Å²) >= 11 is 6.12. The van der Waals surface area contributed by atoms with E-state index in [1.807, 2.05) is 30.6 Å². The third-order valence-electron chi connectivity index (χ3n) is 3.78. The molecule has 21 heavy (non-hydrogen) atoms. The van der Waals surface area contributed by atoms with Crippen LogP contribution in [0.1, 0.15) is 29.0 Å². The lowest BCUT2D eigenvalue weighted by Gasteiger charge is -2.18. The van der Waals surface area contributed by atoms with Crippen LogP contribution in [0, 0.1) is 0 Å². The van der Waals surface area contributed by atoms with Crippen molar-refractivity contribution in [3.63, 3.8) is 0 Å². The molecule has 1 heterocycles. The average Bonchev–Trinajstić information content (AvgIpc) is 2.44. The predicted molar refractivity (Wildman–Crippen MR) is 89.9 cm³/mol. The van der Waals surface area contributed by atoms with Crippen molar-refractivity contribution in [1.82, 2.24) is 0 Å². The van der Waals surface area contributed by atoms with Crippen LogP contribution < -0.4 is 5.73 Å². The van der Waals surface area contributed by atoms with E-state index in [1.165, 1.54) is 22.3 Å². The number of aliphatic imine (C=N–C) groups is 1. The fraction of sp³-hybridized carbons (Fsp3) is 0.167. The van der Waals surface area contributed by atoms with Gasteiger partial charge in [0.15, 0.2) is 0 Å². The van der Waals surface area contributed by atoms with Crippen LogP contribution in [0.25, 0.3) is 5.57 Å². The van der Waals surface area contributed by atoms with E-state index < -0.39 is 0 Å². The van der Waals surface area contributed by atoms with Gasteiger partial charge in [0, 0.05) is 28.9 Å². The van der Waals surface area contributed by atoms with Crippen molar-refractivity contribution in [3.8, 4) is 0 Å². The summed E-state index contributed by atoms with van der Waals surface area (Å²) in [7, 11) is 0. The number of hydrogen-bond acceptors (Lipinski definition) is 2. The first-order valence-electron chi connectivity index (χ1n) is 7.07. The third-order valence-corrected chi connectivity index (χ3v) is 4.02. The van der Waals surface area contributed by atoms with E-state index in [4.69, 9.17) is 17.3 Å². The minimum atomic E-state index is 0.284. The molecule has 0 amide bonds. The van der Waals surface area contributed by atoms with Gasteiger partial charge in [-0.15, -0.1) is 0 Å². The van der Waals surface area contributed by atoms with Crippen LogP contribution in [-0.2, 0) is 0 Å². The van der Waals surface area contributed by atoms with Crippen LogP contribution in [0.15, 0.2) is 59.7 Å². The molecule has 0 bridgehead atoms. The van der Waals surface area contributed by atoms with E-state index in [2.05, 4.69) is 35.3 Å². The Labute approximate surface area is 130 Å². The van der Waals surface area contributed by atoms with Crippen LogP contribution in [0.3, 0.4) is 0 Å². The summed E-state index contributed by atoms with van der Waals surface area (Å²) in [6.45, 7) is 0.650. The monoisotopic (exact) mass is 296 g/mol. The van der Waals surface area contributed by atoms with E-state index in [1.54, 1.807) is 0 Å². The topological polar surface area (TPSA) is 38.4 Å². The van der Waals surface area contributed by atoms with Crippen molar-refractivity contribution in [2.75, 3.05) is 6.54 Å². The third kappa shape index (κ3) is 3.07. The zero-order valence-corrected chi connectivity index (χ0v) is 12.4. The molecule has 2 nitrogen and oxygen atoms in total. The quantitative estimate of drug-likeness (QED) is 0.880. The number of nitrogens with two attached hydrogens (primary N) is 1. The smallest absolute Gasteiger partial charge is 0.0408 e. The Morgan fingerprint density at radius 2 is 1.81 bits per heavy atom. The Bertz CT molecular complexity index is 687. The molecule has 2 aromatic carbocycles. The van der Waals surface area contributed by atoms with Crippen LogP contribution in [0.5, 0.6) is 0 Å². The zero-order valence-electron chi connectivity index (χ0n) is 11.7. The second kappa shape index (κ2) is 6.25. The Morgan fingerprint density at radius 1 is 1.05 bits per heavy atom. The number of rotatable bonds is 5. The summed E-state index contributed by atoms with van der Waals surface area (Å²) in [5.41, 5.74) is 10.7. The van der Waals surface area contributed by atoms with Crippen LogP contribution in [0.4, 0.5) is 0 Å². The number of halogens is 1. The molecule has 3 rings (SSSR count). The summed E-state index contributed by atoms with van der Waals surface area (Å²) < 4.78 is 0. The maximum absolute atomic E-state index is 6.12. The van der Waals surface area contributed by atoms with Gasteiger partial charge in [0.25, 0.3) is 0 Å². The highest BCUT2D eigenvalue weighted by Gasteiger charge is 2.14. The van der Waals surface area contributed by atoms with Gasteiger partial charge in [-0.1, -0.05) is 48.0 Å². The highest BCUT2D eigenvalue weighted by atomic mass is 35.5. The van der Waals surface area contributed by atoms with Gasteiger partial charge in [-0.2, -0.15) is 0 Å². The molecule has 0 saturated heterocycles. The Balaban J connectivity index is 1.89.